The van der Waals surface area contributed by atoms with Crippen molar-refractivity contribution in [1.29, 1.82) is 0 Å². The number of benzene rings is 1. The Labute approximate surface area is 82.9 Å². The summed E-state index contributed by atoms with van der Waals surface area (Å²) in [6.07, 6.45) is 1.86. The molecule has 0 bridgehead atoms. The maximum absolute atomic E-state index is 5.41. The van der Waals surface area contributed by atoms with Crippen LogP contribution in [0.2, 0.25) is 0 Å². The molecule has 1 nitrogen and oxygen atoms in total. The highest BCUT2D eigenvalue weighted by Gasteiger charge is 1.96. The molecule has 0 aliphatic heterocycles. The van der Waals surface area contributed by atoms with Crippen molar-refractivity contribution >= 4 is 15.8 Å². The molecule has 0 saturated heterocycles. The Balaban J connectivity index is 2.75. The lowest BCUT2D eigenvalue weighted by molar-refractivity contribution is 0.387. The van der Waals surface area contributed by atoms with E-state index < -0.39 is 0 Å². The minimum Gasteiger partial charge on any atom is -0.498 e. The van der Waals surface area contributed by atoms with Crippen molar-refractivity contribution < 1.29 is 4.74 Å². The van der Waals surface area contributed by atoms with Gasteiger partial charge in [0.25, 0.3) is 0 Å². The van der Waals surface area contributed by atoms with Crippen LogP contribution >= 0.6 is 0 Å². The topological polar surface area (TPSA) is 9.23 Å². The average Bonchev–Trinajstić information content (AvgIpc) is 2.18. The van der Waals surface area contributed by atoms with Crippen molar-refractivity contribution in [2.75, 3.05) is 6.23 Å². The molecule has 0 aromatic heterocycles. The van der Waals surface area contributed by atoms with Gasteiger partial charge in [0.1, 0.15) is 5.75 Å². The predicted molar refractivity (Wildman–Crippen MR) is 61.2 cm³/mol. The smallest absolute Gasteiger partial charge is 0.118 e. The number of hydrogen-bond acceptors (Lipinski definition) is 1. The largest absolute Gasteiger partial charge is 0.498 e. The van der Waals surface area contributed by atoms with Gasteiger partial charge in [-0.1, -0.05) is 25.6 Å². The van der Waals surface area contributed by atoms with Crippen molar-refractivity contribution in [2.24, 2.45) is 0 Å². The van der Waals surface area contributed by atoms with E-state index in [-0.39, 0.29) is 0 Å². The summed E-state index contributed by atoms with van der Waals surface area (Å²) in [5, 5.41) is 0. The van der Waals surface area contributed by atoms with Crippen LogP contribution in [0, 0.1) is 0 Å². The van der Waals surface area contributed by atoms with Crippen LogP contribution in [0.1, 0.15) is 18.9 Å². The van der Waals surface area contributed by atoms with Gasteiger partial charge in [0, 0.05) is 0 Å². The fraction of sp³-hybridized carbons (Fsp3) is 0.273. The van der Waals surface area contributed by atoms with Crippen molar-refractivity contribution in [2.45, 2.75) is 13.3 Å². The van der Waals surface area contributed by atoms with Gasteiger partial charge < -0.3 is 4.74 Å². The van der Waals surface area contributed by atoms with Gasteiger partial charge in [0.15, 0.2) is 0 Å². The molecular weight excluding hydrogens is 176 g/mol. The third kappa shape index (κ3) is 2.74. The van der Waals surface area contributed by atoms with Crippen LogP contribution in [-0.2, 0) is 0 Å². The van der Waals surface area contributed by atoms with Crippen molar-refractivity contribution in [3.05, 3.63) is 36.4 Å². The van der Waals surface area contributed by atoms with Crippen LogP contribution in [0.3, 0.4) is 0 Å². The number of hydrogen-bond donors (Lipinski definition) is 0. The van der Waals surface area contributed by atoms with Gasteiger partial charge in [-0.15, -0.1) is 0 Å². The van der Waals surface area contributed by atoms with Crippen LogP contribution in [0.4, 0.5) is 0 Å². The summed E-state index contributed by atoms with van der Waals surface area (Å²) >= 11 is 0. The standard InChI is InChI=1S/C11H16OSi/c1-3-9(2)10-4-6-11(7-5-10)12-8-13/h4-7H,2-3,8H2,1,13H3. The second kappa shape index (κ2) is 4.87. The van der Waals surface area contributed by atoms with Crippen LogP contribution in [-0.4, -0.2) is 16.5 Å². The second-order valence-corrected chi connectivity index (χ2v) is 3.49. The Bertz CT molecular complexity index is 277. The molecule has 0 spiro atoms. The normalized spacial score (nSPS) is 9.92. The first-order chi connectivity index (χ1) is 6.27. The van der Waals surface area contributed by atoms with Crippen LogP contribution in [0.5, 0.6) is 5.75 Å². The molecule has 0 N–H and O–H groups in total. The van der Waals surface area contributed by atoms with Gasteiger partial charge in [0.05, 0.1) is 16.5 Å². The van der Waals surface area contributed by atoms with E-state index in [0.717, 1.165) is 28.6 Å². The molecule has 2 heteroatoms. The summed E-state index contributed by atoms with van der Waals surface area (Å²) in [4.78, 5) is 0. The number of rotatable bonds is 4. The fourth-order valence-electron chi connectivity index (χ4n) is 1.16. The van der Waals surface area contributed by atoms with Crippen molar-refractivity contribution in [1.82, 2.24) is 0 Å². The van der Waals surface area contributed by atoms with Gasteiger partial charge in [-0.3, -0.25) is 0 Å². The third-order valence-corrected chi connectivity index (χ3v) is 2.29. The summed E-state index contributed by atoms with van der Waals surface area (Å²) in [6.45, 7) is 6.10. The first kappa shape index (κ1) is 10.1. The predicted octanol–water partition coefficient (Wildman–Crippen LogP) is 1.81. The zero-order valence-electron chi connectivity index (χ0n) is 8.34. The van der Waals surface area contributed by atoms with E-state index in [1.165, 1.54) is 11.1 Å². The SMILES string of the molecule is C=C(CC)c1ccc(OC[SiH3])cc1. The van der Waals surface area contributed by atoms with Gasteiger partial charge in [-0.25, -0.2) is 0 Å². The fourth-order valence-corrected chi connectivity index (χ4v) is 1.49. The van der Waals surface area contributed by atoms with Gasteiger partial charge in [-0.2, -0.15) is 0 Å². The maximum Gasteiger partial charge on any atom is 0.118 e. The average molecular weight is 192 g/mol. The Morgan fingerprint density at radius 2 is 2.00 bits per heavy atom. The first-order valence-corrected chi connectivity index (χ1v) is 6.10. The molecule has 70 valence electrons. The summed E-state index contributed by atoms with van der Waals surface area (Å²) in [5.74, 6) is 0.961. The van der Waals surface area contributed by atoms with Crippen molar-refractivity contribution in [3.8, 4) is 5.75 Å². The molecule has 0 aliphatic rings. The molecule has 13 heavy (non-hydrogen) atoms. The zero-order chi connectivity index (χ0) is 9.68. The Hall–Kier alpha value is -1.02. The summed E-state index contributed by atoms with van der Waals surface area (Å²) < 4.78 is 5.41. The highest BCUT2D eigenvalue weighted by Crippen LogP contribution is 2.19. The zero-order valence-corrected chi connectivity index (χ0v) is 10.3. The monoisotopic (exact) mass is 192 g/mol. The number of ether oxygens (including phenoxy) is 1. The first-order valence-electron chi connectivity index (χ1n) is 4.69. The molecule has 0 unspecified atom stereocenters. The van der Waals surface area contributed by atoms with E-state index in [9.17, 15) is 0 Å². The second-order valence-electron chi connectivity index (χ2n) is 2.91. The molecule has 0 aliphatic carbocycles. The highest BCUT2D eigenvalue weighted by molar-refractivity contribution is 6.08. The summed E-state index contributed by atoms with van der Waals surface area (Å²) in [7, 11) is 1.08. The lowest BCUT2D eigenvalue weighted by atomic mass is 10.1. The lowest BCUT2D eigenvalue weighted by Gasteiger charge is -2.05. The van der Waals surface area contributed by atoms with Crippen LogP contribution < -0.4 is 4.74 Å². The quantitative estimate of drug-likeness (QED) is 0.661. The molecule has 1 aromatic carbocycles. The molecule has 0 atom stereocenters. The maximum atomic E-state index is 5.41. The molecule has 0 saturated carbocycles. The molecule has 0 heterocycles. The highest BCUT2D eigenvalue weighted by atomic mass is 28.1. The molecule has 0 radical (unpaired) electrons. The van der Waals surface area contributed by atoms with Gasteiger partial charge in [0.2, 0.25) is 0 Å². The molecular formula is C11H16OSi. The minimum absolute atomic E-state index is 0.855. The Morgan fingerprint density at radius 1 is 1.38 bits per heavy atom. The minimum atomic E-state index is 0.855. The van der Waals surface area contributed by atoms with E-state index in [0.29, 0.717) is 0 Å². The van der Waals surface area contributed by atoms with Crippen molar-refractivity contribution in [3.63, 3.8) is 0 Å². The molecule has 1 rings (SSSR count). The Morgan fingerprint density at radius 3 is 2.46 bits per heavy atom. The summed E-state index contributed by atoms with van der Waals surface area (Å²) in [5.41, 5.74) is 2.39. The third-order valence-electron chi connectivity index (χ3n) is 2.00. The van der Waals surface area contributed by atoms with E-state index in [1.807, 2.05) is 12.1 Å². The van der Waals surface area contributed by atoms with Gasteiger partial charge in [-0.05, 0) is 29.7 Å². The van der Waals surface area contributed by atoms with Crippen LogP contribution in [0.15, 0.2) is 30.8 Å². The number of allylic oxidation sites excluding steroid dienone is 1. The lowest BCUT2D eigenvalue weighted by Crippen LogP contribution is -1.95. The summed E-state index contributed by atoms with van der Waals surface area (Å²) in [6, 6.07) is 8.15. The van der Waals surface area contributed by atoms with E-state index in [1.54, 1.807) is 0 Å². The van der Waals surface area contributed by atoms with Gasteiger partial charge >= 0.3 is 0 Å². The molecule has 0 amide bonds. The van der Waals surface area contributed by atoms with E-state index in [2.05, 4.69) is 25.6 Å². The van der Waals surface area contributed by atoms with Crippen LogP contribution in [0.25, 0.3) is 5.57 Å². The molecule has 0 fully saturated rings. The Kier molecular flexibility index (Phi) is 3.77. The van der Waals surface area contributed by atoms with E-state index in [4.69, 9.17) is 4.74 Å². The molecule has 1 aromatic rings. The van der Waals surface area contributed by atoms with E-state index >= 15 is 0 Å².